The first-order valence-corrected chi connectivity index (χ1v) is 7.92. The fraction of sp³-hybridized carbons (Fsp3) is 0.438. The fourth-order valence-corrected chi connectivity index (χ4v) is 3.32. The number of ether oxygens (including phenoxy) is 1. The highest BCUT2D eigenvalue weighted by Gasteiger charge is 2.28. The van der Waals surface area contributed by atoms with Crippen LogP contribution in [0, 0.1) is 6.92 Å². The van der Waals surface area contributed by atoms with Gasteiger partial charge in [0, 0.05) is 18.5 Å². The lowest BCUT2D eigenvalue weighted by Crippen LogP contribution is -2.43. The van der Waals surface area contributed by atoms with Crippen LogP contribution in [-0.2, 0) is 11.3 Å². The molecule has 0 N–H and O–H groups in total. The molecule has 0 bridgehead atoms. The lowest BCUT2D eigenvalue weighted by molar-refractivity contribution is -0.0601. The third-order valence-corrected chi connectivity index (χ3v) is 4.51. The number of morpholine rings is 1. The van der Waals surface area contributed by atoms with Crippen LogP contribution in [-0.4, -0.2) is 29.1 Å². The molecule has 0 amide bonds. The summed E-state index contributed by atoms with van der Waals surface area (Å²) >= 11 is 1.72. The number of nitrogens with zero attached hydrogens (tertiary/aromatic N) is 2. The number of aryl methyl sites for hydroxylation is 1. The van der Waals surface area contributed by atoms with Crippen molar-refractivity contribution in [2.24, 2.45) is 0 Å². The second-order valence-corrected chi connectivity index (χ2v) is 6.42. The summed E-state index contributed by atoms with van der Waals surface area (Å²) in [6, 6.07) is 10.9. The average Bonchev–Trinajstić information content (AvgIpc) is 2.85. The standard InChI is InChI=1S/C16H20N2OS/c1-12-8-18(9-15-11-20-13(2)17-15)16(10-19-12)14-6-4-3-5-7-14/h3-7,11-12,16H,8-10H2,1-2H3. The van der Waals surface area contributed by atoms with E-state index in [9.17, 15) is 0 Å². The zero-order chi connectivity index (χ0) is 13.9. The Kier molecular flexibility index (Phi) is 4.15. The van der Waals surface area contributed by atoms with Gasteiger partial charge in [-0.1, -0.05) is 30.3 Å². The minimum atomic E-state index is 0.287. The van der Waals surface area contributed by atoms with E-state index in [1.54, 1.807) is 11.3 Å². The van der Waals surface area contributed by atoms with Crippen LogP contribution in [0.2, 0.25) is 0 Å². The molecule has 2 unspecified atom stereocenters. The topological polar surface area (TPSA) is 25.4 Å². The van der Waals surface area contributed by atoms with E-state index < -0.39 is 0 Å². The van der Waals surface area contributed by atoms with Crippen LogP contribution in [0.1, 0.15) is 29.2 Å². The summed E-state index contributed by atoms with van der Waals surface area (Å²) in [5, 5.41) is 3.30. The average molecular weight is 288 g/mol. The lowest BCUT2D eigenvalue weighted by Gasteiger charge is -2.38. The second kappa shape index (κ2) is 6.04. The van der Waals surface area contributed by atoms with Gasteiger partial charge in [-0.3, -0.25) is 4.90 Å². The molecule has 1 aromatic carbocycles. The Morgan fingerprint density at radius 2 is 2.15 bits per heavy atom. The molecule has 1 aromatic heterocycles. The number of benzene rings is 1. The molecule has 1 saturated heterocycles. The van der Waals surface area contributed by atoms with Crippen LogP contribution in [0.5, 0.6) is 0 Å². The molecule has 0 aliphatic carbocycles. The van der Waals surface area contributed by atoms with E-state index in [0.717, 1.165) is 24.7 Å². The molecule has 0 radical (unpaired) electrons. The van der Waals surface area contributed by atoms with Crippen LogP contribution < -0.4 is 0 Å². The van der Waals surface area contributed by atoms with Gasteiger partial charge >= 0.3 is 0 Å². The van der Waals surface area contributed by atoms with Gasteiger partial charge in [-0.15, -0.1) is 11.3 Å². The number of hydrogen-bond acceptors (Lipinski definition) is 4. The van der Waals surface area contributed by atoms with Crippen LogP contribution >= 0.6 is 11.3 Å². The zero-order valence-corrected chi connectivity index (χ0v) is 12.8. The van der Waals surface area contributed by atoms with Crippen LogP contribution in [0.25, 0.3) is 0 Å². The molecule has 106 valence electrons. The molecule has 0 saturated carbocycles. The van der Waals surface area contributed by atoms with E-state index in [0.29, 0.717) is 6.04 Å². The lowest BCUT2D eigenvalue weighted by atomic mass is 10.0. The molecule has 1 aliphatic heterocycles. The van der Waals surface area contributed by atoms with Crippen molar-refractivity contribution in [1.29, 1.82) is 0 Å². The summed E-state index contributed by atoms with van der Waals surface area (Å²) in [5.74, 6) is 0. The summed E-state index contributed by atoms with van der Waals surface area (Å²) in [7, 11) is 0. The largest absolute Gasteiger partial charge is 0.375 e. The third kappa shape index (κ3) is 3.08. The van der Waals surface area contributed by atoms with Crippen molar-refractivity contribution in [3.63, 3.8) is 0 Å². The Morgan fingerprint density at radius 1 is 1.35 bits per heavy atom. The van der Waals surface area contributed by atoms with Crippen LogP contribution in [0.4, 0.5) is 0 Å². The highest BCUT2D eigenvalue weighted by Crippen LogP contribution is 2.28. The van der Waals surface area contributed by atoms with E-state index in [2.05, 4.69) is 59.4 Å². The molecule has 2 heterocycles. The van der Waals surface area contributed by atoms with Crippen LogP contribution in [0.15, 0.2) is 35.7 Å². The second-order valence-electron chi connectivity index (χ2n) is 5.36. The Morgan fingerprint density at radius 3 is 2.85 bits per heavy atom. The van der Waals surface area contributed by atoms with E-state index in [1.165, 1.54) is 11.3 Å². The van der Waals surface area contributed by atoms with Crippen molar-refractivity contribution in [2.75, 3.05) is 13.2 Å². The van der Waals surface area contributed by atoms with Gasteiger partial charge in [-0.2, -0.15) is 0 Å². The SMILES string of the molecule is Cc1nc(CN2CC(C)OCC2c2ccccc2)cs1. The number of rotatable bonds is 3. The first kappa shape index (κ1) is 13.7. The molecule has 1 aliphatic rings. The van der Waals surface area contributed by atoms with Crippen LogP contribution in [0.3, 0.4) is 0 Å². The predicted molar refractivity (Wildman–Crippen MR) is 81.9 cm³/mol. The Bertz CT molecular complexity index is 555. The molecule has 3 rings (SSSR count). The number of aromatic nitrogens is 1. The molecule has 1 fully saturated rings. The maximum absolute atomic E-state index is 5.86. The van der Waals surface area contributed by atoms with E-state index >= 15 is 0 Å². The normalized spacial score (nSPS) is 23.9. The molecule has 0 spiro atoms. The Balaban J connectivity index is 1.80. The van der Waals surface area contributed by atoms with E-state index in [-0.39, 0.29) is 6.10 Å². The van der Waals surface area contributed by atoms with Crippen molar-refractivity contribution >= 4 is 11.3 Å². The maximum atomic E-state index is 5.86. The predicted octanol–water partition coefficient (Wildman–Crippen LogP) is 3.41. The number of thiazole rings is 1. The summed E-state index contributed by atoms with van der Waals surface area (Å²) in [6.07, 6.45) is 0.287. The molecule has 3 nitrogen and oxygen atoms in total. The fourth-order valence-electron chi connectivity index (χ4n) is 2.72. The monoisotopic (exact) mass is 288 g/mol. The molecule has 2 aromatic rings. The van der Waals surface area contributed by atoms with Gasteiger partial charge in [0.25, 0.3) is 0 Å². The van der Waals surface area contributed by atoms with E-state index in [1.807, 2.05) is 0 Å². The van der Waals surface area contributed by atoms with Crippen molar-refractivity contribution in [1.82, 2.24) is 9.88 Å². The van der Waals surface area contributed by atoms with Crippen molar-refractivity contribution in [2.45, 2.75) is 32.5 Å². The molecule has 4 heteroatoms. The van der Waals surface area contributed by atoms with E-state index in [4.69, 9.17) is 4.74 Å². The van der Waals surface area contributed by atoms with Crippen molar-refractivity contribution in [3.8, 4) is 0 Å². The van der Waals surface area contributed by atoms with Gasteiger partial charge in [0.05, 0.1) is 29.5 Å². The summed E-state index contributed by atoms with van der Waals surface area (Å²) in [5.41, 5.74) is 2.49. The Hall–Kier alpha value is -1.23. The van der Waals surface area contributed by atoms with Gasteiger partial charge in [0.15, 0.2) is 0 Å². The first-order valence-electron chi connectivity index (χ1n) is 7.04. The molecular weight excluding hydrogens is 268 g/mol. The van der Waals surface area contributed by atoms with Crippen molar-refractivity contribution in [3.05, 3.63) is 52.0 Å². The van der Waals surface area contributed by atoms with Gasteiger partial charge in [-0.25, -0.2) is 4.98 Å². The minimum absolute atomic E-state index is 0.287. The quantitative estimate of drug-likeness (QED) is 0.865. The Labute approximate surface area is 124 Å². The molecular formula is C16H20N2OS. The van der Waals surface area contributed by atoms with Gasteiger partial charge in [0.2, 0.25) is 0 Å². The zero-order valence-electron chi connectivity index (χ0n) is 12.0. The van der Waals surface area contributed by atoms with Gasteiger partial charge in [-0.05, 0) is 19.4 Å². The summed E-state index contributed by atoms with van der Waals surface area (Å²) in [4.78, 5) is 7.08. The maximum Gasteiger partial charge on any atom is 0.0897 e. The summed E-state index contributed by atoms with van der Waals surface area (Å²) < 4.78 is 5.86. The van der Waals surface area contributed by atoms with Crippen molar-refractivity contribution < 1.29 is 4.74 Å². The first-order chi connectivity index (χ1) is 9.72. The number of hydrogen-bond donors (Lipinski definition) is 0. The third-order valence-electron chi connectivity index (χ3n) is 3.69. The summed E-state index contributed by atoms with van der Waals surface area (Å²) in [6.45, 7) is 6.81. The highest BCUT2D eigenvalue weighted by atomic mass is 32.1. The van der Waals surface area contributed by atoms with Gasteiger partial charge < -0.3 is 4.74 Å². The smallest absolute Gasteiger partial charge is 0.0897 e. The molecule has 2 atom stereocenters. The minimum Gasteiger partial charge on any atom is -0.375 e. The highest BCUT2D eigenvalue weighted by molar-refractivity contribution is 7.09. The molecule has 20 heavy (non-hydrogen) atoms. The van der Waals surface area contributed by atoms with Gasteiger partial charge in [0.1, 0.15) is 0 Å².